The molecule has 0 atom stereocenters. The molecule has 1 radical (unpaired) electrons. The molecule has 0 aliphatic heterocycles. The van der Waals surface area contributed by atoms with Crippen LogP contribution in [0.2, 0.25) is 0 Å². The van der Waals surface area contributed by atoms with Gasteiger partial charge in [0.15, 0.2) is 0 Å². The monoisotopic (exact) mass is 226 g/mol. The molecule has 0 saturated heterocycles. The highest BCUT2D eigenvalue weighted by Gasteiger charge is 2.11. The molecule has 0 bridgehead atoms. The van der Waals surface area contributed by atoms with E-state index in [0.29, 0.717) is 12.1 Å². The normalized spacial score (nSPS) is 11.3. The van der Waals surface area contributed by atoms with E-state index < -0.39 is 10.0 Å². The van der Waals surface area contributed by atoms with Crippen molar-refractivity contribution in [1.29, 1.82) is 0 Å². The Kier molecular flexibility index (Phi) is 4.62. The highest BCUT2D eigenvalue weighted by atomic mass is 32.2. The molecule has 0 aliphatic carbocycles. The van der Waals surface area contributed by atoms with Gasteiger partial charge >= 0.3 is 0 Å². The number of sulfonamides is 1. The molecule has 0 fully saturated rings. The van der Waals surface area contributed by atoms with Gasteiger partial charge in [-0.15, -0.1) is 0 Å². The first-order chi connectivity index (χ1) is 7.14. The minimum Gasteiger partial charge on any atom is -0.205 e. The molecule has 0 unspecified atom stereocenters. The average Bonchev–Trinajstić information content (AvgIpc) is 2.18. The first kappa shape index (κ1) is 12.0. The predicted molar refractivity (Wildman–Crippen MR) is 61.5 cm³/mol. The van der Waals surface area contributed by atoms with E-state index >= 15 is 0 Å². The Balaban J connectivity index is 2.50. The topological polar surface area (TPSA) is 48.2 Å². The van der Waals surface area contributed by atoms with Crippen LogP contribution in [0.5, 0.6) is 0 Å². The van der Waals surface area contributed by atoms with Crippen LogP contribution >= 0.6 is 0 Å². The van der Waals surface area contributed by atoms with Crippen LogP contribution in [-0.2, 0) is 10.0 Å². The summed E-state index contributed by atoms with van der Waals surface area (Å²) < 4.78 is 26.8. The number of rotatable bonds is 6. The Labute approximate surface area is 91.6 Å². The zero-order chi connectivity index (χ0) is 11.1. The highest BCUT2D eigenvalue weighted by molar-refractivity contribution is 7.89. The maximum atomic E-state index is 11.5. The molecule has 0 amide bonds. The maximum Gasteiger partial charge on any atom is 0.253 e. The lowest BCUT2D eigenvalue weighted by Gasteiger charge is -2.03. The molecule has 1 aromatic rings. The summed E-state index contributed by atoms with van der Waals surface area (Å²) in [6, 6.07) is 8.78. The van der Waals surface area contributed by atoms with Crippen LogP contribution in [0.1, 0.15) is 26.2 Å². The smallest absolute Gasteiger partial charge is 0.205 e. The number of hydrogen-bond acceptors (Lipinski definition) is 2. The molecule has 0 aromatic heterocycles. The summed E-state index contributed by atoms with van der Waals surface area (Å²) in [4.78, 5) is 0. The second-order valence-electron chi connectivity index (χ2n) is 3.42. The van der Waals surface area contributed by atoms with Crippen molar-refractivity contribution in [2.24, 2.45) is 0 Å². The van der Waals surface area contributed by atoms with Crippen LogP contribution in [0.15, 0.2) is 30.3 Å². The summed E-state index contributed by atoms with van der Waals surface area (Å²) in [6.07, 6.45) is 2.64. The van der Waals surface area contributed by atoms with Gasteiger partial charge in [0.25, 0.3) is 10.0 Å². The molecule has 15 heavy (non-hydrogen) atoms. The summed E-state index contributed by atoms with van der Waals surface area (Å²) in [6.45, 7) is 2.04. The SMILES string of the molecule is CCCCCS(=O)(=O)[N]c1ccccc1. The Morgan fingerprint density at radius 1 is 1.13 bits per heavy atom. The van der Waals surface area contributed by atoms with Crippen LogP contribution in [0.25, 0.3) is 0 Å². The van der Waals surface area contributed by atoms with E-state index in [4.69, 9.17) is 0 Å². The van der Waals surface area contributed by atoms with Gasteiger partial charge in [0, 0.05) is 0 Å². The highest BCUT2D eigenvalue weighted by Crippen LogP contribution is 2.09. The van der Waals surface area contributed by atoms with Gasteiger partial charge in [-0.2, -0.15) is 4.72 Å². The number of benzene rings is 1. The van der Waals surface area contributed by atoms with Crippen LogP contribution in [0.3, 0.4) is 0 Å². The Hall–Kier alpha value is -1.03. The fourth-order valence-corrected chi connectivity index (χ4v) is 2.33. The molecular weight excluding hydrogens is 210 g/mol. The fraction of sp³-hybridized carbons (Fsp3) is 0.455. The second kappa shape index (κ2) is 5.75. The van der Waals surface area contributed by atoms with Crippen molar-refractivity contribution in [1.82, 2.24) is 4.72 Å². The molecule has 0 saturated carbocycles. The summed E-state index contributed by atoms with van der Waals surface area (Å²) >= 11 is 0. The van der Waals surface area contributed by atoms with Crippen LogP contribution in [0, 0.1) is 0 Å². The van der Waals surface area contributed by atoms with E-state index in [1.807, 2.05) is 13.0 Å². The zero-order valence-electron chi connectivity index (χ0n) is 8.89. The van der Waals surface area contributed by atoms with Gasteiger partial charge in [-0.1, -0.05) is 38.0 Å². The largest absolute Gasteiger partial charge is 0.253 e. The van der Waals surface area contributed by atoms with Crippen molar-refractivity contribution in [3.05, 3.63) is 30.3 Å². The molecule has 0 N–H and O–H groups in total. The lowest BCUT2D eigenvalue weighted by atomic mass is 10.3. The van der Waals surface area contributed by atoms with Gasteiger partial charge in [0.05, 0.1) is 11.4 Å². The van der Waals surface area contributed by atoms with Gasteiger partial charge < -0.3 is 0 Å². The average molecular weight is 226 g/mol. The molecule has 3 nitrogen and oxygen atoms in total. The van der Waals surface area contributed by atoms with E-state index in [-0.39, 0.29) is 5.75 Å². The number of hydrogen-bond donors (Lipinski definition) is 0. The fourth-order valence-electron chi connectivity index (χ4n) is 1.23. The van der Waals surface area contributed by atoms with E-state index in [1.165, 1.54) is 0 Å². The zero-order valence-corrected chi connectivity index (χ0v) is 9.70. The molecule has 0 aliphatic rings. The van der Waals surface area contributed by atoms with Gasteiger partial charge in [-0.25, -0.2) is 8.42 Å². The Bertz CT molecular complexity index is 373. The third-order valence-corrected chi connectivity index (χ3v) is 3.30. The van der Waals surface area contributed by atoms with Crippen molar-refractivity contribution in [2.75, 3.05) is 5.75 Å². The summed E-state index contributed by atoms with van der Waals surface area (Å²) in [5.74, 6) is 0.149. The minimum atomic E-state index is -3.28. The van der Waals surface area contributed by atoms with Gasteiger partial charge in [-0.3, -0.25) is 0 Å². The van der Waals surface area contributed by atoms with E-state index in [0.717, 1.165) is 12.8 Å². The quantitative estimate of drug-likeness (QED) is 0.699. The Morgan fingerprint density at radius 3 is 2.40 bits per heavy atom. The summed E-state index contributed by atoms with van der Waals surface area (Å²) in [5.41, 5.74) is 0.508. The molecular formula is C11H16NO2S. The van der Waals surface area contributed by atoms with Crippen molar-refractivity contribution in [3.63, 3.8) is 0 Å². The van der Waals surface area contributed by atoms with Gasteiger partial charge in [-0.05, 0) is 18.6 Å². The molecule has 0 heterocycles. The molecule has 4 heteroatoms. The van der Waals surface area contributed by atoms with Gasteiger partial charge in [0.1, 0.15) is 0 Å². The van der Waals surface area contributed by atoms with Crippen molar-refractivity contribution < 1.29 is 8.42 Å². The molecule has 1 rings (SSSR count). The molecule has 83 valence electrons. The number of nitrogens with zero attached hydrogens (tertiary/aromatic N) is 1. The first-order valence-corrected chi connectivity index (χ1v) is 6.76. The predicted octanol–water partition coefficient (Wildman–Crippen LogP) is 2.44. The third-order valence-electron chi connectivity index (χ3n) is 2.01. The second-order valence-corrected chi connectivity index (χ2v) is 5.17. The maximum absolute atomic E-state index is 11.5. The lowest BCUT2D eigenvalue weighted by Crippen LogP contribution is -2.15. The van der Waals surface area contributed by atoms with E-state index in [9.17, 15) is 8.42 Å². The van der Waals surface area contributed by atoms with Crippen LogP contribution < -0.4 is 4.72 Å². The first-order valence-electron chi connectivity index (χ1n) is 5.15. The lowest BCUT2D eigenvalue weighted by molar-refractivity contribution is 0.585. The molecule has 1 aromatic carbocycles. The van der Waals surface area contributed by atoms with Gasteiger partial charge in [0.2, 0.25) is 0 Å². The third kappa shape index (κ3) is 4.83. The van der Waals surface area contributed by atoms with E-state index in [2.05, 4.69) is 4.72 Å². The summed E-state index contributed by atoms with van der Waals surface area (Å²) in [7, 11) is -3.28. The van der Waals surface area contributed by atoms with Crippen LogP contribution in [-0.4, -0.2) is 14.2 Å². The Morgan fingerprint density at radius 2 is 1.80 bits per heavy atom. The van der Waals surface area contributed by atoms with Crippen molar-refractivity contribution >= 4 is 15.7 Å². The number of unbranched alkanes of at least 4 members (excludes halogenated alkanes) is 2. The van der Waals surface area contributed by atoms with Crippen LogP contribution in [0.4, 0.5) is 5.69 Å². The van der Waals surface area contributed by atoms with Crippen molar-refractivity contribution in [3.8, 4) is 0 Å². The minimum absolute atomic E-state index is 0.149. The standard InChI is InChI=1S/C11H16NO2S/c1-2-3-7-10-15(13,14)12-11-8-5-4-6-9-11/h4-6,8-9H,2-3,7,10H2,1H3. The molecule has 0 spiro atoms. The van der Waals surface area contributed by atoms with Crippen molar-refractivity contribution in [2.45, 2.75) is 26.2 Å². The van der Waals surface area contributed by atoms with E-state index in [1.54, 1.807) is 24.3 Å². The summed E-state index contributed by atoms with van der Waals surface area (Å²) in [5, 5.41) is 0.